The average Bonchev–Trinajstić information content (AvgIpc) is 2.86. The van der Waals surface area contributed by atoms with Crippen LogP contribution in [0.2, 0.25) is 0 Å². The summed E-state index contributed by atoms with van der Waals surface area (Å²) in [6.07, 6.45) is -2.89. The summed E-state index contributed by atoms with van der Waals surface area (Å²) in [6.45, 7) is 2.29. The maximum atomic E-state index is 8.04. The molecule has 2 aliphatic rings. The Kier molecular flexibility index (Phi) is 1.48. The normalized spacial score (nSPS) is 39.4. The zero-order valence-corrected chi connectivity index (χ0v) is 11.5. The Hall–Kier alpha value is -0.585. The van der Waals surface area contributed by atoms with Gasteiger partial charge in [-0.05, 0) is 34.1 Å². The first-order chi connectivity index (χ1) is 11.1. The van der Waals surface area contributed by atoms with E-state index in [2.05, 4.69) is 4.98 Å². The molecule has 2 aliphatic heterocycles. The van der Waals surface area contributed by atoms with Gasteiger partial charge in [-0.15, -0.1) is 11.3 Å². The third kappa shape index (κ3) is 1.87. The van der Waals surface area contributed by atoms with Crippen LogP contribution in [0, 0.1) is 0 Å². The molecule has 4 nitrogen and oxygen atoms in total. The van der Waals surface area contributed by atoms with Crippen molar-refractivity contribution in [2.75, 3.05) is 17.9 Å². The molecule has 0 radical (unpaired) electrons. The lowest BCUT2D eigenvalue weighted by Crippen LogP contribution is -2.41. The Morgan fingerprint density at radius 3 is 2.61 bits per heavy atom. The molecule has 2 saturated heterocycles. The first-order valence-electron chi connectivity index (χ1n) is 9.19. The smallest absolute Gasteiger partial charge is 0.399 e. The first kappa shape index (κ1) is 6.73. The SMILES string of the molecule is [2H]c1nc(N2C([2H])([2H])C([2H])([2H])C2([2H])[2H])sc1B1OC(C)(C)C(C)(C)O1. The van der Waals surface area contributed by atoms with E-state index < -0.39 is 37.7 Å². The van der Waals surface area contributed by atoms with Gasteiger partial charge in [-0.3, -0.25) is 0 Å². The van der Waals surface area contributed by atoms with Crippen LogP contribution in [-0.2, 0) is 9.31 Å². The van der Waals surface area contributed by atoms with Gasteiger partial charge in [0.15, 0.2) is 5.13 Å². The maximum Gasteiger partial charge on any atom is 0.507 e. The average molecular weight is 273 g/mol. The Balaban J connectivity index is 1.95. The van der Waals surface area contributed by atoms with Gasteiger partial charge < -0.3 is 14.2 Å². The number of rotatable bonds is 2. The molecule has 98 valence electrons. The molecule has 2 fully saturated rings. The fourth-order valence-corrected chi connectivity index (χ4v) is 2.36. The summed E-state index contributed by atoms with van der Waals surface area (Å²) in [5.41, 5.74) is -1.24. The van der Waals surface area contributed by atoms with Gasteiger partial charge in [-0.2, -0.15) is 0 Å². The molecule has 3 heterocycles. The molecule has 0 spiro atoms. The van der Waals surface area contributed by atoms with Crippen molar-refractivity contribution < 1.29 is 18.9 Å². The fraction of sp³-hybridized carbons (Fsp3) is 0.750. The van der Waals surface area contributed by atoms with Crippen molar-refractivity contribution in [3.8, 4) is 0 Å². The number of hydrogen-bond donors (Lipinski definition) is 0. The van der Waals surface area contributed by atoms with Gasteiger partial charge in [0.05, 0.1) is 17.3 Å². The summed E-state index contributed by atoms with van der Waals surface area (Å²) < 4.78 is 66.8. The molecule has 0 unspecified atom stereocenters. The summed E-state index contributed by atoms with van der Waals surface area (Å²) >= 11 is 0.878. The predicted molar refractivity (Wildman–Crippen MR) is 74.7 cm³/mol. The van der Waals surface area contributed by atoms with E-state index in [1.807, 2.05) is 27.7 Å². The van der Waals surface area contributed by atoms with E-state index in [-0.39, 0.29) is 11.3 Å². The van der Waals surface area contributed by atoms with Crippen LogP contribution in [0.1, 0.15) is 43.7 Å². The van der Waals surface area contributed by atoms with Crippen molar-refractivity contribution >= 4 is 28.4 Å². The van der Waals surface area contributed by atoms with Gasteiger partial charge in [-0.1, -0.05) is 0 Å². The molecule has 0 amide bonds. The molecule has 1 aromatic rings. The molecule has 1 aromatic heterocycles. The van der Waals surface area contributed by atoms with Gasteiger partial charge in [0.25, 0.3) is 0 Å². The second kappa shape index (κ2) is 3.95. The monoisotopic (exact) mass is 273 g/mol. The molecule has 0 bridgehead atoms. The summed E-state index contributed by atoms with van der Waals surface area (Å²) in [7, 11) is -0.862. The second-order valence-electron chi connectivity index (χ2n) is 5.24. The molecular weight excluding hydrogens is 247 g/mol. The molecule has 18 heavy (non-hydrogen) atoms. The molecule has 0 aromatic carbocycles. The molecule has 0 saturated carbocycles. The second-order valence-corrected chi connectivity index (χ2v) is 6.25. The molecule has 3 rings (SSSR count). The Morgan fingerprint density at radius 2 is 2.00 bits per heavy atom. The lowest BCUT2D eigenvalue weighted by atomic mass is 9.89. The van der Waals surface area contributed by atoms with Gasteiger partial charge in [0, 0.05) is 27.4 Å². The number of hydrogen-bond acceptors (Lipinski definition) is 5. The number of aromatic nitrogens is 1. The van der Waals surface area contributed by atoms with E-state index in [9.17, 15) is 0 Å². The minimum atomic E-state index is -2.70. The van der Waals surface area contributed by atoms with E-state index in [1.54, 1.807) is 0 Å². The van der Waals surface area contributed by atoms with Crippen LogP contribution < -0.4 is 9.68 Å². The minimum absolute atomic E-state index is 0.111. The first-order valence-corrected chi connectivity index (χ1v) is 6.51. The van der Waals surface area contributed by atoms with E-state index in [4.69, 9.17) is 18.9 Å². The fourth-order valence-electron chi connectivity index (χ4n) is 1.60. The summed E-state index contributed by atoms with van der Waals surface area (Å²) in [4.78, 5) is 4.57. The van der Waals surface area contributed by atoms with Crippen LogP contribution in [0.5, 0.6) is 0 Å². The molecule has 6 heteroatoms. The van der Waals surface area contributed by atoms with Crippen molar-refractivity contribution in [3.05, 3.63) is 6.17 Å². The number of nitrogens with zero attached hydrogens (tertiary/aromatic N) is 2. The lowest BCUT2D eigenvalue weighted by molar-refractivity contribution is 0.00578. The molecule has 0 N–H and O–H groups in total. The van der Waals surface area contributed by atoms with Crippen molar-refractivity contribution in [3.63, 3.8) is 0 Å². The largest absolute Gasteiger partial charge is 0.507 e. The topological polar surface area (TPSA) is 34.6 Å². The Morgan fingerprint density at radius 1 is 1.39 bits per heavy atom. The Labute approximate surface area is 122 Å². The van der Waals surface area contributed by atoms with Gasteiger partial charge in [0.1, 0.15) is 0 Å². The molecule has 0 aliphatic carbocycles. The zero-order chi connectivity index (χ0) is 19.2. The highest BCUT2D eigenvalue weighted by Gasteiger charge is 2.52. The Bertz CT molecular complexity index is 690. The van der Waals surface area contributed by atoms with Crippen molar-refractivity contribution in [1.29, 1.82) is 0 Å². The van der Waals surface area contributed by atoms with Crippen LogP contribution in [0.15, 0.2) is 6.17 Å². The quantitative estimate of drug-likeness (QED) is 0.767. The maximum absolute atomic E-state index is 8.04. The van der Waals surface area contributed by atoms with E-state index >= 15 is 0 Å². The third-order valence-electron chi connectivity index (χ3n) is 3.46. The van der Waals surface area contributed by atoms with E-state index in [0.717, 1.165) is 11.3 Å². The van der Waals surface area contributed by atoms with Gasteiger partial charge >= 0.3 is 7.12 Å². The summed E-state index contributed by atoms with van der Waals surface area (Å²) in [6, 6.07) is 0. The van der Waals surface area contributed by atoms with Crippen LogP contribution in [0.3, 0.4) is 0 Å². The predicted octanol–water partition coefficient (Wildman–Crippen LogP) is 1.65. The minimum Gasteiger partial charge on any atom is -0.399 e. The van der Waals surface area contributed by atoms with Gasteiger partial charge in [-0.25, -0.2) is 4.98 Å². The highest BCUT2D eigenvalue weighted by atomic mass is 32.1. The van der Waals surface area contributed by atoms with Crippen LogP contribution >= 0.6 is 11.3 Å². The van der Waals surface area contributed by atoms with Crippen LogP contribution in [-0.4, -0.2) is 36.3 Å². The third-order valence-corrected chi connectivity index (χ3v) is 4.42. The summed E-state index contributed by atoms with van der Waals surface area (Å²) in [5.74, 6) is 0. The lowest BCUT2D eigenvalue weighted by Gasteiger charge is -2.32. The van der Waals surface area contributed by atoms with Crippen LogP contribution in [0.25, 0.3) is 0 Å². The highest BCUT2D eigenvalue weighted by molar-refractivity contribution is 7.25. The van der Waals surface area contributed by atoms with E-state index in [0.29, 0.717) is 9.68 Å². The standard InChI is InChI=1S/C12H19BN2O2S/c1-11(2)12(3,4)17-13(16-11)9-8-14-10(18-9)15-6-5-7-15/h8H,5-7H2,1-4H3/i5D2,6D2,7D2,8D. The zero-order valence-electron chi connectivity index (χ0n) is 17.7. The van der Waals surface area contributed by atoms with Crippen LogP contribution in [0.4, 0.5) is 5.13 Å². The summed E-state index contributed by atoms with van der Waals surface area (Å²) in [5, 5.41) is -0.111. The van der Waals surface area contributed by atoms with E-state index in [1.165, 1.54) is 0 Å². The molecule has 0 atom stereocenters. The number of anilines is 1. The van der Waals surface area contributed by atoms with Crippen molar-refractivity contribution in [2.45, 2.75) is 45.3 Å². The number of thiazole rings is 1. The van der Waals surface area contributed by atoms with Crippen molar-refractivity contribution in [1.82, 2.24) is 4.98 Å². The highest BCUT2D eigenvalue weighted by Crippen LogP contribution is 2.37. The molecular formula is C12H19BN2O2S. The van der Waals surface area contributed by atoms with Gasteiger partial charge in [0.2, 0.25) is 0 Å². The van der Waals surface area contributed by atoms with Crippen molar-refractivity contribution in [2.24, 2.45) is 0 Å².